The van der Waals surface area contributed by atoms with Crippen molar-refractivity contribution >= 4 is 17.4 Å². The summed E-state index contributed by atoms with van der Waals surface area (Å²) >= 11 is 0. The molecule has 2 aliphatic rings. The molecule has 1 saturated heterocycles. The van der Waals surface area contributed by atoms with Crippen LogP contribution in [0, 0.1) is 5.82 Å². The maximum atomic E-state index is 14.1. The first kappa shape index (κ1) is 18.8. The Morgan fingerprint density at radius 3 is 2.97 bits per heavy atom. The van der Waals surface area contributed by atoms with Crippen LogP contribution in [0.25, 0.3) is 5.65 Å². The highest BCUT2D eigenvalue weighted by molar-refractivity contribution is 5.99. The van der Waals surface area contributed by atoms with Crippen LogP contribution < -0.4 is 15.0 Å². The molecule has 5 rings (SSSR count). The molecule has 3 N–H and O–H groups in total. The van der Waals surface area contributed by atoms with E-state index < -0.39 is 23.9 Å². The van der Waals surface area contributed by atoms with Crippen LogP contribution in [-0.2, 0) is 0 Å². The van der Waals surface area contributed by atoms with Gasteiger partial charge in [0.1, 0.15) is 35.7 Å². The molecular weight excluding hydrogens is 393 g/mol. The number of β-amino-alcohol motifs (C(OH)–C–C–N with tert-alkyl or cyclic N) is 1. The van der Waals surface area contributed by atoms with E-state index in [0.717, 1.165) is 0 Å². The summed E-state index contributed by atoms with van der Waals surface area (Å²) in [4.78, 5) is 19.0. The Hall–Kier alpha value is -3.24. The van der Waals surface area contributed by atoms with Crippen molar-refractivity contribution in [1.29, 1.82) is 0 Å². The molecule has 2 aliphatic heterocycles. The molecule has 0 aliphatic carbocycles. The number of nitrogens with one attached hydrogen (secondary N) is 1. The largest absolute Gasteiger partial charge is 0.490 e. The van der Waals surface area contributed by atoms with E-state index in [4.69, 9.17) is 4.74 Å². The van der Waals surface area contributed by atoms with E-state index in [2.05, 4.69) is 15.4 Å². The molecule has 2 bridgehead atoms. The molecule has 1 aromatic carbocycles. The highest BCUT2D eigenvalue weighted by Crippen LogP contribution is 2.40. The van der Waals surface area contributed by atoms with E-state index in [0.29, 0.717) is 35.7 Å². The number of anilines is 1. The fourth-order valence-electron chi connectivity index (χ4n) is 4.00. The van der Waals surface area contributed by atoms with Gasteiger partial charge in [0, 0.05) is 24.8 Å². The molecule has 0 radical (unpaired) electrons. The number of carbonyl (C=O) groups excluding carboxylic acids is 1. The Morgan fingerprint density at radius 2 is 2.10 bits per heavy atom. The summed E-state index contributed by atoms with van der Waals surface area (Å²) in [6.45, 7) is 0.184. The van der Waals surface area contributed by atoms with Crippen LogP contribution in [0.4, 0.5) is 10.2 Å². The Bertz CT molecular complexity index is 1120. The number of benzene rings is 1. The molecule has 30 heavy (non-hydrogen) atoms. The van der Waals surface area contributed by atoms with Gasteiger partial charge in [-0.15, -0.1) is 0 Å². The molecule has 1 amide bonds. The van der Waals surface area contributed by atoms with Gasteiger partial charge in [-0.25, -0.2) is 13.9 Å². The van der Waals surface area contributed by atoms with Crippen LogP contribution >= 0.6 is 0 Å². The molecule has 0 saturated carbocycles. The number of rotatable bonds is 0. The van der Waals surface area contributed by atoms with Crippen molar-refractivity contribution in [2.45, 2.75) is 24.7 Å². The van der Waals surface area contributed by atoms with Crippen LogP contribution in [0.2, 0.25) is 0 Å². The zero-order valence-electron chi connectivity index (χ0n) is 15.9. The van der Waals surface area contributed by atoms with Crippen LogP contribution in [0.1, 0.15) is 28.4 Å². The summed E-state index contributed by atoms with van der Waals surface area (Å²) in [5, 5.41) is 27.4. The van der Waals surface area contributed by atoms with E-state index in [9.17, 15) is 19.4 Å². The lowest BCUT2D eigenvalue weighted by atomic mass is 10.0. The van der Waals surface area contributed by atoms with E-state index in [1.165, 1.54) is 28.9 Å². The number of fused-ring (bicyclic) bond motifs is 5. The Morgan fingerprint density at radius 1 is 1.23 bits per heavy atom. The lowest BCUT2D eigenvalue weighted by molar-refractivity contribution is 0.0842. The molecular formula is C20H20FN5O4. The third kappa shape index (κ3) is 3.23. The van der Waals surface area contributed by atoms with E-state index in [1.807, 2.05) is 4.90 Å². The predicted molar refractivity (Wildman–Crippen MR) is 104 cm³/mol. The topological polar surface area (TPSA) is 112 Å². The van der Waals surface area contributed by atoms with Gasteiger partial charge >= 0.3 is 0 Å². The second-order valence-electron chi connectivity index (χ2n) is 7.53. The number of aliphatic hydroxyl groups is 2. The highest BCUT2D eigenvalue weighted by atomic mass is 19.1. The van der Waals surface area contributed by atoms with Gasteiger partial charge in [-0.1, -0.05) is 0 Å². The number of amides is 1. The van der Waals surface area contributed by atoms with E-state index in [-0.39, 0.29) is 24.8 Å². The zero-order valence-corrected chi connectivity index (χ0v) is 15.9. The molecule has 3 atom stereocenters. The molecule has 2 aromatic heterocycles. The standard InChI is InChI=1S/C20H20FN5O4/c21-11-1-2-17-14(5-11)16-6-12(27)9-25(16)18-3-4-26-19(24-18)15(8-23-26)20(29)22-7-13(28)10-30-17/h1-5,8,12-13,16,27-28H,6-7,9-10H2,(H,22,29)/t12-,13+,16?/m1/s1. The number of hydrogen-bond donors (Lipinski definition) is 3. The average molecular weight is 413 g/mol. The second kappa shape index (κ2) is 7.22. The summed E-state index contributed by atoms with van der Waals surface area (Å²) in [6.07, 6.45) is 1.85. The molecule has 4 heterocycles. The van der Waals surface area contributed by atoms with E-state index >= 15 is 0 Å². The Balaban J connectivity index is 1.67. The van der Waals surface area contributed by atoms with Gasteiger partial charge in [0.15, 0.2) is 5.65 Å². The number of hydrogen-bond acceptors (Lipinski definition) is 7. The van der Waals surface area contributed by atoms with Gasteiger partial charge < -0.3 is 25.2 Å². The quantitative estimate of drug-likeness (QED) is 0.496. The van der Waals surface area contributed by atoms with Gasteiger partial charge in [-0.3, -0.25) is 4.79 Å². The van der Waals surface area contributed by atoms with Crippen LogP contribution in [0.15, 0.2) is 36.7 Å². The maximum Gasteiger partial charge on any atom is 0.256 e. The van der Waals surface area contributed by atoms with Crippen LogP contribution in [0.3, 0.4) is 0 Å². The maximum absolute atomic E-state index is 14.1. The number of halogens is 1. The highest BCUT2D eigenvalue weighted by Gasteiger charge is 2.35. The van der Waals surface area contributed by atoms with Crippen molar-refractivity contribution in [3.63, 3.8) is 0 Å². The number of nitrogens with zero attached hydrogens (tertiary/aromatic N) is 4. The smallest absolute Gasteiger partial charge is 0.256 e. The molecule has 1 fully saturated rings. The SMILES string of the molecule is O=C1NC[C@H](O)COc2ccc(F)cc2C2C[C@@H](O)CN2c2ccn3ncc1c3n2. The lowest BCUT2D eigenvalue weighted by Gasteiger charge is -2.28. The molecule has 1 unspecified atom stereocenters. The summed E-state index contributed by atoms with van der Waals surface area (Å²) in [7, 11) is 0. The van der Waals surface area contributed by atoms with Crippen molar-refractivity contribution in [2.24, 2.45) is 0 Å². The third-order valence-corrected chi connectivity index (χ3v) is 5.43. The first-order valence-corrected chi connectivity index (χ1v) is 9.67. The number of aliphatic hydroxyl groups excluding tert-OH is 2. The average Bonchev–Trinajstić information content (AvgIpc) is 3.33. The van der Waals surface area contributed by atoms with Crippen molar-refractivity contribution in [2.75, 3.05) is 24.6 Å². The Labute approximate surface area is 170 Å². The molecule has 3 aromatic rings. The summed E-state index contributed by atoms with van der Waals surface area (Å²) in [6, 6.07) is 5.53. The van der Waals surface area contributed by atoms with Gasteiger partial charge in [0.05, 0.1) is 18.3 Å². The predicted octanol–water partition coefficient (Wildman–Crippen LogP) is 0.664. The number of aromatic nitrogens is 3. The van der Waals surface area contributed by atoms with Crippen LogP contribution in [-0.4, -0.2) is 62.6 Å². The second-order valence-corrected chi connectivity index (χ2v) is 7.53. The van der Waals surface area contributed by atoms with Crippen molar-refractivity contribution in [1.82, 2.24) is 19.9 Å². The number of carbonyl (C=O) groups is 1. The minimum atomic E-state index is -0.967. The summed E-state index contributed by atoms with van der Waals surface area (Å²) in [5.74, 6) is 0.111. The molecule has 9 nitrogen and oxygen atoms in total. The fourth-order valence-corrected chi connectivity index (χ4v) is 4.00. The van der Waals surface area contributed by atoms with Crippen molar-refractivity contribution in [3.8, 4) is 5.75 Å². The minimum absolute atomic E-state index is 0.0271. The van der Waals surface area contributed by atoms with Gasteiger partial charge in [-0.05, 0) is 30.7 Å². The molecule has 10 heteroatoms. The lowest BCUT2D eigenvalue weighted by Crippen LogP contribution is -2.35. The zero-order chi connectivity index (χ0) is 20.8. The fraction of sp³-hybridized carbons (Fsp3) is 0.350. The first-order valence-electron chi connectivity index (χ1n) is 9.67. The van der Waals surface area contributed by atoms with Crippen molar-refractivity contribution in [3.05, 3.63) is 53.6 Å². The van der Waals surface area contributed by atoms with E-state index in [1.54, 1.807) is 12.3 Å². The normalized spacial score (nSPS) is 24.2. The Kier molecular flexibility index (Phi) is 4.52. The number of ether oxygens (including phenoxy) is 1. The van der Waals surface area contributed by atoms with Gasteiger partial charge in [-0.2, -0.15) is 5.10 Å². The van der Waals surface area contributed by atoms with Crippen molar-refractivity contribution < 1.29 is 24.1 Å². The summed E-state index contributed by atoms with van der Waals surface area (Å²) < 4.78 is 21.4. The van der Waals surface area contributed by atoms with Crippen LogP contribution in [0.5, 0.6) is 5.75 Å². The van der Waals surface area contributed by atoms with Gasteiger partial charge in [0.2, 0.25) is 0 Å². The van der Waals surface area contributed by atoms with Gasteiger partial charge in [0.25, 0.3) is 5.91 Å². The summed E-state index contributed by atoms with van der Waals surface area (Å²) in [5.41, 5.74) is 1.19. The molecule has 0 spiro atoms. The monoisotopic (exact) mass is 413 g/mol. The third-order valence-electron chi connectivity index (χ3n) is 5.43. The minimum Gasteiger partial charge on any atom is -0.490 e. The molecule has 156 valence electrons. The first-order chi connectivity index (χ1) is 14.5.